The topological polar surface area (TPSA) is 128 Å². The van der Waals surface area contributed by atoms with Gasteiger partial charge in [-0.3, -0.25) is 19.9 Å². The van der Waals surface area contributed by atoms with Gasteiger partial charge in [-0.15, -0.1) is 0 Å². The maximum atomic E-state index is 13.8. The summed E-state index contributed by atoms with van der Waals surface area (Å²) in [5.41, 5.74) is 10.4. The number of urea groups is 1. The molecule has 0 bridgehead atoms. The van der Waals surface area contributed by atoms with Crippen molar-refractivity contribution in [3.05, 3.63) is 95.1 Å². The summed E-state index contributed by atoms with van der Waals surface area (Å²) >= 11 is 0. The molecule has 3 N–H and O–H groups in total. The highest BCUT2D eigenvalue weighted by atomic mass is 16.5. The number of hydrogen-bond acceptors (Lipinski definition) is 9. The van der Waals surface area contributed by atoms with E-state index in [0.717, 1.165) is 30.8 Å². The number of carbonyl (C=O) groups is 3. The van der Waals surface area contributed by atoms with Crippen LogP contribution in [0.2, 0.25) is 0 Å². The van der Waals surface area contributed by atoms with E-state index >= 15 is 0 Å². The average molecular weight is 624 g/mol. The van der Waals surface area contributed by atoms with Crippen LogP contribution in [0.1, 0.15) is 33.1 Å². The van der Waals surface area contributed by atoms with Crippen LogP contribution in [0.4, 0.5) is 10.5 Å². The summed E-state index contributed by atoms with van der Waals surface area (Å²) in [7, 11) is 0. The molecule has 2 unspecified atom stereocenters. The van der Waals surface area contributed by atoms with E-state index in [9.17, 15) is 14.4 Å². The number of Topliss-reactive ketones (excluding diaryl/α,β-unsaturated/α-hetero) is 1. The van der Waals surface area contributed by atoms with Gasteiger partial charge in [-0.2, -0.15) is 5.10 Å². The van der Waals surface area contributed by atoms with Crippen molar-refractivity contribution in [3.63, 3.8) is 0 Å². The molecule has 3 aromatic carbocycles. The summed E-state index contributed by atoms with van der Waals surface area (Å²) in [6.45, 7) is 6.16. The van der Waals surface area contributed by atoms with E-state index < -0.39 is 11.9 Å². The van der Waals surface area contributed by atoms with Crippen LogP contribution in [0.3, 0.4) is 0 Å². The monoisotopic (exact) mass is 623 g/mol. The van der Waals surface area contributed by atoms with Gasteiger partial charge < -0.3 is 25.1 Å². The number of carbonyl (C=O) groups excluding carboxylic acids is 3. The number of piperazine rings is 1. The highest BCUT2D eigenvalue weighted by molar-refractivity contribution is 6.24. The first kappa shape index (κ1) is 29.9. The first-order valence-electron chi connectivity index (χ1n) is 15.7. The second-order valence-corrected chi connectivity index (χ2v) is 11.8. The van der Waals surface area contributed by atoms with Gasteiger partial charge in [0, 0.05) is 51.4 Å². The van der Waals surface area contributed by atoms with Gasteiger partial charge in [-0.25, -0.2) is 9.80 Å². The quantitative estimate of drug-likeness (QED) is 0.350. The summed E-state index contributed by atoms with van der Waals surface area (Å²) in [4.78, 5) is 43.6. The molecule has 238 valence electrons. The average Bonchev–Trinajstić information content (AvgIpc) is 3.65. The Morgan fingerprint density at radius 2 is 1.67 bits per heavy atom. The van der Waals surface area contributed by atoms with E-state index in [0.29, 0.717) is 62.1 Å². The Hall–Kier alpha value is -4.78. The number of nitrogens with zero attached hydrogens (tertiary/aromatic N) is 4. The molecule has 2 atom stereocenters. The number of hydrazine groups is 1. The smallest absolute Gasteiger partial charge is 0.333 e. The molecule has 7 rings (SSSR count). The van der Waals surface area contributed by atoms with Crippen molar-refractivity contribution in [1.29, 1.82) is 0 Å². The summed E-state index contributed by atoms with van der Waals surface area (Å²) in [5, 5.41) is 9.18. The number of morpholine rings is 1. The molecule has 4 aliphatic rings. The fourth-order valence-electron chi connectivity index (χ4n) is 6.50. The van der Waals surface area contributed by atoms with Crippen LogP contribution in [0.15, 0.2) is 77.9 Å². The van der Waals surface area contributed by atoms with Gasteiger partial charge >= 0.3 is 6.03 Å². The number of hydrogen-bond donors (Lipinski definition) is 3. The first-order chi connectivity index (χ1) is 22.5. The Balaban J connectivity index is 0.930. The molecule has 0 saturated carbocycles. The van der Waals surface area contributed by atoms with Crippen LogP contribution in [0, 0.1) is 5.92 Å². The molecular formula is C34H37N7O5. The molecule has 0 spiro atoms. The van der Waals surface area contributed by atoms with Crippen molar-refractivity contribution in [1.82, 2.24) is 25.7 Å². The molecule has 1 aliphatic carbocycles. The van der Waals surface area contributed by atoms with E-state index in [1.54, 1.807) is 23.2 Å². The number of rotatable bonds is 8. The molecule has 3 aromatic rings. The number of hydrazone groups is 1. The van der Waals surface area contributed by atoms with Gasteiger partial charge in [-0.1, -0.05) is 42.5 Å². The van der Waals surface area contributed by atoms with E-state index in [4.69, 9.17) is 9.47 Å². The number of benzene rings is 3. The molecule has 12 nitrogen and oxygen atoms in total. The van der Waals surface area contributed by atoms with E-state index in [1.165, 1.54) is 5.56 Å². The van der Waals surface area contributed by atoms with Crippen molar-refractivity contribution < 1.29 is 23.9 Å². The molecule has 46 heavy (non-hydrogen) atoms. The number of amides is 3. The predicted octanol–water partition coefficient (Wildman–Crippen LogP) is 2.64. The SMILES string of the molecule is O=C(Nc1cccc2c1C(=O)C1C(c3ccc(OCC(=O)N4CCN(Cc5ccccc5)CC4)cc3)=NNC21)NN1CCOCC1. The highest BCUT2D eigenvalue weighted by Crippen LogP contribution is 2.44. The summed E-state index contributed by atoms with van der Waals surface area (Å²) in [6.07, 6.45) is 0. The van der Waals surface area contributed by atoms with E-state index in [-0.39, 0.29) is 24.3 Å². The zero-order valence-corrected chi connectivity index (χ0v) is 25.5. The number of ether oxygens (including phenoxy) is 2. The van der Waals surface area contributed by atoms with Gasteiger partial charge in [-0.05, 0) is 47.0 Å². The van der Waals surface area contributed by atoms with Crippen LogP contribution in [0.5, 0.6) is 5.75 Å². The number of nitrogens with one attached hydrogen (secondary N) is 3. The fraction of sp³-hybridized carbons (Fsp3) is 0.353. The van der Waals surface area contributed by atoms with Gasteiger partial charge in [0.25, 0.3) is 5.91 Å². The van der Waals surface area contributed by atoms with Gasteiger partial charge in [0.2, 0.25) is 0 Å². The van der Waals surface area contributed by atoms with Crippen LogP contribution >= 0.6 is 0 Å². The van der Waals surface area contributed by atoms with Crippen LogP contribution in [-0.4, -0.2) is 97.3 Å². The minimum atomic E-state index is -0.519. The third-order valence-electron chi connectivity index (χ3n) is 8.92. The minimum Gasteiger partial charge on any atom is -0.484 e. The van der Waals surface area contributed by atoms with Gasteiger partial charge in [0.15, 0.2) is 12.4 Å². The van der Waals surface area contributed by atoms with Crippen LogP contribution < -0.4 is 20.9 Å². The third-order valence-corrected chi connectivity index (χ3v) is 8.92. The summed E-state index contributed by atoms with van der Waals surface area (Å²) in [6, 6.07) is 22.4. The standard InChI is InChI=1S/C34H37N7O5/c42-28(40-15-13-39(14-16-40)21-23-5-2-1-3-6-23)22-46-25-11-9-24(10-12-25)31-30-32(37-36-31)26-7-4-8-27(29(26)33(30)43)35-34(44)38-41-17-19-45-20-18-41/h1-12,30,32,37H,13-22H2,(H2,35,38,44). The lowest BCUT2D eigenvalue weighted by Gasteiger charge is -2.34. The van der Waals surface area contributed by atoms with E-state index in [2.05, 4.69) is 38.3 Å². The summed E-state index contributed by atoms with van der Waals surface area (Å²) in [5.74, 6) is -0.0790. The molecule has 2 saturated heterocycles. The van der Waals surface area contributed by atoms with Crippen molar-refractivity contribution >= 4 is 29.1 Å². The van der Waals surface area contributed by atoms with Crippen molar-refractivity contribution in [2.24, 2.45) is 11.0 Å². The van der Waals surface area contributed by atoms with Crippen molar-refractivity contribution in [2.45, 2.75) is 12.6 Å². The Morgan fingerprint density at radius 3 is 2.43 bits per heavy atom. The van der Waals surface area contributed by atoms with Crippen LogP contribution in [-0.2, 0) is 16.1 Å². The lowest BCUT2D eigenvalue weighted by molar-refractivity contribution is -0.135. The maximum absolute atomic E-state index is 13.8. The third kappa shape index (κ3) is 6.32. The molecule has 12 heteroatoms. The first-order valence-corrected chi connectivity index (χ1v) is 15.7. The maximum Gasteiger partial charge on any atom is 0.333 e. The lowest BCUT2D eigenvalue weighted by Crippen LogP contribution is -2.49. The lowest BCUT2D eigenvalue weighted by atomic mass is 9.91. The van der Waals surface area contributed by atoms with Crippen LogP contribution in [0.25, 0.3) is 0 Å². The van der Waals surface area contributed by atoms with Crippen molar-refractivity contribution in [3.8, 4) is 5.75 Å². The highest BCUT2D eigenvalue weighted by Gasteiger charge is 2.47. The molecule has 3 amide bonds. The molecule has 2 fully saturated rings. The number of fused-ring (bicyclic) bond motifs is 3. The number of anilines is 1. The minimum absolute atomic E-state index is 0.0338. The largest absolute Gasteiger partial charge is 0.484 e. The molecular weight excluding hydrogens is 586 g/mol. The number of ketones is 1. The fourth-order valence-corrected chi connectivity index (χ4v) is 6.50. The predicted molar refractivity (Wildman–Crippen MR) is 171 cm³/mol. The molecule has 3 heterocycles. The van der Waals surface area contributed by atoms with Crippen molar-refractivity contribution in [2.75, 3.05) is 64.4 Å². The zero-order chi connectivity index (χ0) is 31.5. The van der Waals surface area contributed by atoms with Gasteiger partial charge in [0.1, 0.15) is 5.75 Å². The van der Waals surface area contributed by atoms with Gasteiger partial charge in [0.05, 0.1) is 36.6 Å². The Kier molecular flexibility index (Phi) is 8.64. The molecule has 0 aromatic heterocycles. The Morgan fingerprint density at radius 1 is 0.913 bits per heavy atom. The Labute approximate surface area is 267 Å². The second-order valence-electron chi connectivity index (χ2n) is 11.8. The zero-order valence-electron chi connectivity index (χ0n) is 25.5. The molecule has 0 radical (unpaired) electrons. The Bertz CT molecular complexity index is 1620. The summed E-state index contributed by atoms with van der Waals surface area (Å²) < 4.78 is 11.2. The van der Waals surface area contributed by atoms with E-state index in [1.807, 2.05) is 47.4 Å². The molecule has 3 aliphatic heterocycles. The normalized spacial score (nSPS) is 21.2. The second kappa shape index (κ2) is 13.3.